The highest BCUT2D eigenvalue weighted by molar-refractivity contribution is 4.66. The van der Waals surface area contributed by atoms with Crippen LogP contribution in [0.3, 0.4) is 0 Å². The lowest BCUT2D eigenvalue weighted by atomic mass is 10.2. The van der Waals surface area contributed by atoms with Crippen molar-refractivity contribution in [2.75, 3.05) is 52.4 Å². The van der Waals surface area contributed by atoms with Crippen molar-refractivity contribution in [3.63, 3.8) is 0 Å². The molecule has 0 amide bonds. The number of rotatable bonds is 0. The van der Waals surface area contributed by atoms with E-state index in [-0.39, 0.29) is 71.5 Å². The third kappa shape index (κ3) is 33.2. The summed E-state index contributed by atoms with van der Waals surface area (Å²) in [5, 5.41) is 24.2. The quantitative estimate of drug-likeness (QED) is 0.125. The van der Waals surface area contributed by atoms with Crippen LogP contribution in [0.2, 0.25) is 0 Å². The molecular formula is C24H68Cl4N8O4. The molecule has 2 saturated heterocycles. The Bertz CT molecular complexity index is 337. The fourth-order valence-corrected chi connectivity index (χ4v) is 3.96. The number of hydrogen-bond acceptors (Lipinski definition) is 4. The number of nitrogens with two attached hydrogens (primary N) is 4. The molecule has 12 nitrogen and oxygen atoms in total. The number of nitrogens with one attached hydrogen (secondary N) is 4. The molecule has 2 aliphatic rings. The van der Waals surface area contributed by atoms with Crippen LogP contribution in [-0.2, 0) is 0 Å². The van der Waals surface area contributed by atoms with Crippen molar-refractivity contribution in [3.8, 4) is 0 Å². The SMILES string of the molecule is C[C@H]1C[NH2+][C@@H](C)CN[C@@H](C)C[NH2+][C@@H](C)CN1.C[C@H]1C[NH2+][C@@H](C)CN[C@@H](C)C[NH2+][C@@H](C)CN1.O.O.O.O.[Cl-].[Cl-].[Cl-].[Cl-]. The van der Waals surface area contributed by atoms with Gasteiger partial charge in [0, 0.05) is 26.2 Å². The molecule has 40 heavy (non-hydrogen) atoms. The largest absolute Gasteiger partial charge is 1.00 e. The summed E-state index contributed by atoms with van der Waals surface area (Å²) < 4.78 is 0. The zero-order valence-corrected chi connectivity index (χ0v) is 29.1. The first-order valence-electron chi connectivity index (χ1n) is 13.4. The van der Waals surface area contributed by atoms with Crippen molar-refractivity contribution in [2.45, 2.75) is 104 Å². The first-order chi connectivity index (χ1) is 15.2. The zero-order valence-electron chi connectivity index (χ0n) is 26.1. The van der Waals surface area contributed by atoms with Gasteiger partial charge in [-0.25, -0.2) is 0 Å². The van der Waals surface area contributed by atoms with Gasteiger partial charge in [-0.3, -0.25) is 0 Å². The second kappa shape index (κ2) is 35.9. The minimum Gasteiger partial charge on any atom is -1.00 e. The van der Waals surface area contributed by atoms with Gasteiger partial charge in [-0.2, -0.15) is 0 Å². The highest BCUT2D eigenvalue weighted by Crippen LogP contribution is 1.83. The van der Waals surface area contributed by atoms with E-state index < -0.39 is 0 Å². The molecule has 2 heterocycles. The molecule has 16 heteroatoms. The van der Waals surface area contributed by atoms with Crippen LogP contribution in [0.1, 0.15) is 55.4 Å². The Balaban J connectivity index is -0.0000000711. The molecule has 0 spiro atoms. The molecule has 8 atom stereocenters. The third-order valence-electron chi connectivity index (χ3n) is 6.72. The van der Waals surface area contributed by atoms with Crippen LogP contribution in [-0.4, -0.2) is 123 Å². The van der Waals surface area contributed by atoms with E-state index in [1.807, 2.05) is 0 Å². The van der Waals surface area contributed by atoms with Crippen LogP contribution < -0.4 is 92.2 Å². The summed E-state index contributed by atoms with van der Waals surface area (Å²) in [6, 6.07) is 5.11. The monoisotopic (exact) mass is 672 g/mol. The van der Waals surface area contributed by atoms with Gasteiger partial charge >= 0.3 is 0 Å². The maximum Gasteiger partial charge on any atom is 0.0957 e. The Morgan fingerprint density at radius 1 is 0.350 bits per heavy atom. The van der Waals surface area contributed by atoms with Gasteiger partial charge in [0.1, 0.15) is 0 Å². The minimum absolute atomic E-state index is 0. The molecular weight excluding hydrogens is 606 g/mol. The molecule has 0 radical (unpaired) electrons. The topological polar surface area (TPSA) is 241 Å². The molecule has 0 aromatic rings. The van der Waals surface area contributed by atoms with Crippen LogP contribution in [0.15, 0.2) is 0 Å². The summed E-state index contributed by atoms with van der Waals surface area (Å²) in [5.74, 6) is 0. The van der Waals surface area contributed by atoms with Crippen LogP contribution >= 0.6 is 0 Å². The summed E-state index contributed by atoms with van der Waals surface area (Å²) >= 11 is 0. The Morgan fingerprint density at radius 3 is 0.650 bits per heavy atom. The Labute approximate surface area is 269 Å². The highest BCUT2D eigenvalue weighted by atomic mass is 35.5. The van der Waals surface area contributed by atoms with Crippen molar-refractivity contribution in [3.05, 3.63) is 0 Å². The summed E-state index contributed by atoms with van der Waals surface area (Å²) in [6.07, 6.45) is 0. The molecule has 0 bridgehead atoms. The molecule has 2 aliphatic heterocycles. The minimum atomic E-state index is 0. The Hall–Kier alpha value is 0.680. The maximum atomic E-state index is 3.60. The smallest absolute Gasteiger partial charge is 0.0957 e. The first kappa shape index (κ1) is 60.0. The number of quaternary nitrogens is 4. The standard InChI is InChI=1S/2C12H28N4.4ClH.4H2O/c2*1-9-5-14-11(3)7-16-12(4)8-15-10(2)6-13-9;;;;;;;;/h2*9-16H,5-8H2,1-4H3;4*1H;4*1H2/t2*9-,10-,11-,12-;;;;;;;;/m00......../s1. The zero-order chi connectivity index (χ0) is 23.9. The van der Waals surface area contributed by atoms with Gasteiger partial charge in [-0.1, -0.05) is 0 Å². The summed E-state index contributed by atoms with van der Waals surface area (Å²) in [7, 11) is 0. The van der Waals surface area contributed by atoms with Gasteiger partial charge in [0.15, 0.2) is 0 Å². The van der Waals surface area contributed by atoms with Crippen LogP contribution in [0.5, 0.6) is 0 Å². The fourth-order valence-electron chi connectivity index (χ4n) is 3.96. The van der Waals surface area contributed by atoms with Crippen LogP contribution in [0.25, 0.3) is 0 Å². The predicted octanol–water partition coefficient (Wildman–Crippen LogP) is -19.6. The van der Waals surface area contributed by atoms with Crippen molar-refractivity contribution in [2.24, 2.45) is 0 Å². The molecule has 0 unspecified atom stereocenters. The van der Waals surface area contributed by atoms with E-state index >= 15 is 0 Å². The van der Waals surface area contributed by atoms with E-state index in [0.717, 1.165) is 26.2 Å². The molecule has 0 aliphatic carbocycles. The van der Waals surface area contributed by atoms with E-state index in [1.54, 1.807) is 0 Å². The lowest BCUT2D eigenvalue weighted by molar-refractivity contribution is -0.693. The van der Waals surface area contributed by atoms with E-state index in [1.165, 1.54) is 26.2 Å². The van der Waals surface area contributed by atoms with E-state index in [9.17, 15) is 0 Å². The van der Waals surface area contributed by atoms with Gasteiger partial charge in [-0.05, 0) is 55.4 Å². The lowest BCUT2D eigenvalue weighted by Gasteiger charge is -2.22. The maximum absolute atomic E-state index is 3.60. The van der Waals surface area contributed by atoms with Crippen molar-refractivity contribution >= 4 is 0 Å². The van der Waals surface area contributed by atoms with E-state index in [4.69, 9.17) is 0 Å². The summed E-state index contributed by atoms with van der Waals surface area (Å²) in [5.41, 5.74) is 0. The molecule has 0 saturated carbocycles. The third-order valence-corrected chi connectivity index (χ3v) is 6.72. The van der Waals surface area contributed by atoms with Crippen LogP contribution in [0.4, 0.5) is 0 Å². The van der Waals surface area contributed by atoms with E-state index in [2.05, 4.69) is 97.9 Å². The van der Waals surface area contributed by atoms with Gasteiger partial charge in [0.25, 0.3) is 0 Å². The molecule has 256 valence electrons. The summed E-state index contributed by atoms with van der Waals surface area (Å²) in [6.45, 7) is 27.4. The molecule has 2 fully saturated rings. The van der Waals surface area contributed by atoms with Gasteiger partial charge in [0.2, 0.25) is 0 Å². The average Bonchev–Trinajstić information content (AvgIpc) is 2.77. The Kier molecular flexibility index (Phi) is 53.8. The second-order valence-electron chi connectivity index (χ2n) is 11.0. The molecule has 20 N–H and O–H groups in total. The van der Waals surface area contributed by atoms with Crippen LogP contribution in [0, 0.1) is 0 Å². The number of hydrogen-bond donors (Lipinski definition) is 8. The summed E-state index contributed by atoms with van der Waals surface area (Å²) in [4.78, 5) is 0. The molecule has 0 aromatic heterocycles. The first-order valence-corrected chi connectivity index (χ1v) is 13.4. The average molecular weight is 675 g/mol. The molecule has 0 aromatic carbocycles. The fraction of sp³-hybridized carbons (Fsp3) is 1.00. The molecule has 2 rings (SSSR count). The second-order valence-corrected chi connectivity index (χ2v) is 11.0. The Morgan fingerprint density at radius 2 is 0.500 bits per heavy atom. The van der Waals surface area contributed by atoms with E-state index in [0.29, 0.717) is 48.3 Å². The van der Waals surface area contributed by atoms with Crippen molar-refractivity contribution in [1.82, 2.24) is 21.3 Å². The van der Waals surface area contributed by atoms with Gasteiger partial charge < -0.3 is 114 Å². The van der Waals surface area contributed by atoms with Crippen molar-refractivity contribution < 1.29 is 92.8 Å². The van der Waals surface area contributed by atoms with Crippen molar-refractivity contribution in [1.29, 1.82) is 0 Å². The number of halogens is 4. The highest BCUT2D eigenvalue weighted by Gasteiger charge is 2.16. The normalized spacial score (nSPS) is 31.8. The lowest BCUT2D eigenvalue weighted by Crippen LogP contribution is -3.00. The van der Waals surface area contributed by atoms with Gasteiger partial charge in [0.05, 0.1) is 74.5 Å². The van der Waals surface area contributed by atoms with Gasteiger partial charge in [-0.15, -0.1) is 0 Å². The predicted molar refractivity (Wildman–Crippen MR) is 149 cm³/mol.